The molecule has 276 valence electrons. The predicted molar refractivity (Wildman–Crippen MR) is 243 cm³/mol. The molecule has 0 radical (unpaired) electrons. The van der Waals surface area contributed by atoms with Crippen molar-refractivity contribution < 1.29 is 0 Å². The van der Waals surface area contributed by atoms with Crippen molar-refractivity contribution in [3.8, 4) is 50.6 Å². The van der Waals surface area contributed by atoms with Crippen LogP contribution >= 0.6 is 0 Å². The number of benzene rings is 8. The second-order valence-electron chi connectivity index (χ2n) is 14.6. The number of rotatable bonds is 10. The third kappa shape index (κ3) is 8.00. The van der Waals surface area contributed by atoms with Gasteiger partial charge in [0.1, 0.15) is 0 Å². The van der Waals surface area contributed by atoms with Gasteiger partial charge < -0.3 is 10.6 Å². The average Bonchev–Trinajstić information content (AvgIpc) is 3.30. The Hall–Kier alpha value is -7.67. The Balaban J connectivity index is 0.975. The highest BCUT2D eigenvalue weighted by molar-refractivity contribution is 5.88. The third-order valence-electron chi connectivity index (χ3n) is 10.8. The first-order valence-electron chi connectivity index (χ1n) is 19.7. The molecule has 9 rings (SSSR count). The second-order valence-corrected chi connectivity index (χ2v) is 14.6. The van der Waals surface area contributed by atoms with Crippen LogP contribution < -0.4 is 10.6 Å². The van der Waals surface area contributed by atoms with Crippen molar-refractivity contribution in [3.05, 3.63) is 235 Å². The topological polar surface area (TPSA) is 47.9 Å². The number of hydrogen-bond donors (Lipinski definition) is 2. The first-order chi connectivity index (χ1) is 28.7. The minimum absolute atomic E-state index is 0.261. The molecule has 0 amide bonds. The van der Waals surface area contributed by atoms with Gasteiger partial charge in [-0.25, -0.2) is 0 Å². The zero-order valence-corrected chi connectivity index (χ0v) is 32.0. The fraction of sp³-hybridized carbons (Fsp3) is 0.0364. The van der Waals surface area contributed by atoms with Crippen LogP contribution in [0.15, 0.2) is 218 Å². The highest BCUT2D eigenvalue weighted by atomic mass is 14.9. The lowest BCUT2D eigenvalue weighted by atomic mass is 9.86. The van der Waals surface area contributed by atoms with E-state index in [-0.39, 0.29) is 5.92 Å². The Morgan fingerprint density at radius 3 is 1.53 bits per heavy atom. The van der Waals surface area contributed by atoms with E-state index in [0.29, 0.717) is 5.56 Å². The molecule has 0 spiro atoms. The van der Waals surface area contributed by atoms with Crippen LogP contribution in [0.5, 0.6) is 0 Å². The smallest absolute Gasteiger partial charge is 0.0991 e. The third-order valence-corrected chi connectivity index (χ3v) is 10.8. The Morgan fingerprint density at radius 2 is 0.948 bits per heavy atom. The predicted octanol–water partition coefficient (Wildman–Crippen LogP) is 14.8. The van der Waals surface area contributed by atoms with Gasteiger partial charge in [0.25, 0.3) is 0 Å². The molecular weight excluding hydrogens is 703 g/mol. The van der Waals surface area contributed by atoms with Crippen molar-refractivity contribution in [2.45, 2.75) is 12.3 Å². The van der Waals surface area contributed by atoms with Gasteiger partial charge in [-0.2, -0.15) is 5.26 Å². The summed E-state index contributed by atoms with van der Waals surface area (Å²) in [6.07, 6.45) is 7.93. The molecule has 2 N–H and O–H groups in total. The van der Waals surface area contributed by atoms with Crippen molar-refractivity contribution in [3.63, 3.8) is 0 Å². The van der Waals surface area contributed by atoms with Crippen LogP contribution in [-0.2, 0) is 0 Å². The number of nitriles is 1. The molecule has 3 heteroatoms. The summed E-state index contributed by atoms with van der Waals surface area (Å²) in [5, 5.41) is 16.9. The van der Waals surface area contributed by atoms with Crippen molar-refractivity contribution in [1.82, 2.24) is 0 Å². The summed E-state index contributed by atoms with van der Waals surface area (Å²) in [7, 11) is 0. The van der Waals surface area contributed by atoms with E-state index in [4.69, 9.17) is 0 Å². The molecule has 0 saturated carbocycles. The first kappa shape index (κ1) is 36.0. The number of anilines is 4. The van der Waals surface area contributed by atoms with Crippen molar-refractivity contribution in [2.75, 3.05) is 10.6 Å². The normalized spacial score (nSPS) is 13.3. The van der Waals surface area contributed by atoms with Gasteiger partial charge in [0.05, 0.1) is 11.6 Å². The van der Waals surface area contributed by atoms with E-state index in [1.807, 2.05) is 24.3 Å². The molecule has 0 aromatic heterocycles. The molecule has 1 aliphatic rings. The molecule has 0 aliphatic heterocycles. The molecule has 0 fully saturated rings. The van der Waals surface area contributed by atoms with Crippen LogP contribution in [0, 0.1) is 11.3 Å². The summed E-state index contributed by atoms with van der Waals surface area (Å²) in [4.78, 5) is 0. The molecule has 3 nitrogen and oxygen atoms in total. The van der Waals surface area contributed by atoms with E-state index in [0.717, 1.165) is 51.4 Å². The molecule has 1 aliphatic carbocycles. The van der Waals surface area contributed by atoms with Gasteiger partial charge in [0.2, 0.25) is 0 Å². The Morgan fingerprint density at radius 1 is 0.431 bits per heavy atom. The molecule has 58 heavy (non-hydrogen) atoms. The minimum atomic E-state index is 0.261. The lowest BCUT2D eigenvalue weighted by molar-refractivity contribution is 0.857. The summed E-state index contributed by atoms with van der Waals surface area (Å²) in [5.74, 6) is 0.261. The Bertz CT molecular complexity index is 2810. The lowest BCUT2D eigenvalue weighted by Gasteiger charge is -2.21. The summed E-state index contributed by atoms with van der Waals surface area (Å²) >= 11 is 0. The van der Waals surface area contributed by atoms with Crippen LogP contribution in [0.2, 0.25) is 0 Å². The summed E-state index contributed by atoms with van der Waals surface area (Å²) < 4.78 is 0. The Labute approximate surface area is 340 Å². The van der Waals surface area contributed by atoms with Gasteiger partial charge in [0.15, 0.2) is 0 Å². The van der Waals surface area contributed by atoms with Crippen LogP contribution in [0.4, 0.5) is 22.7 Å². The highest BCUT2D eigenvalue weighted by Gasteiger charge is 2.17. The van der Waals surface area contributed by atoms with Gasteiger partial charge in [-0.1, -0.05) is 158 Å². The number of hydrogen-bond acceptors (Lipinski definition) is 3. The maximum absolute atomic E-state index is 9.44. The second kappa shape index (κ2) is 16.6. The average molecular weight is 744 g/mol. The monoisotopic (exact) mass is 743 g/mol. The van der Waals surface area contributed by atoms with E-state index in [1.54, 1.807) is 0 Å². The van der Waals surface area contributed by atoms with E-state index >= 15 is 0 Å². The molecule has 8 aromatic rings. The zero-order chi connectivity index (χ0) is 39.1. The van der Waals surface area contributed by atoms with Crippen LogP contribution in [0.1, 0.15) is 29.0 Å². The standard InChI is InChI=1S/C55H41N3/c56-38-39-13-10-20-45(33-39)47-22-12-24-51(35-47)58-55-32-30-49(37-53(55)44-18-8-3-9-19-44)42-27-25-41(26-28-42)48-29-31-54(52(36-48)43-16-6-2-7-17-43)57-50-23-11-21-46(34-50)40-14-4-1-5-15-40/h1-25,27-37,41,57-58H,26H2. The quantitative estimate of drug-likeness (QED) is 0.147. The molecular formula is C55H41N3. The number of nitrogens with one attached hydrogen (secondary N) is 2. The molecule has 8 aromatic carbocycles. The Kier molecular flexibility index (Phi) is 10.3. The van der Waals surface area contributed by atoms with Crippen molar-refractivity contribution in [2.24, 2.45) is 0 Å². The van der Waals surface area contributed by atoms with Gasteiger partial charge >= 0.3 is 0 Å². The van der Waals surface area contributed by atoms with E-state index in [9.17, 15) is 5.26 Å². The number of allylic oxidation sites excluding steroid dienone is 4. The molecule has 0 heterocycles. The van der Waals surface area contributed by atoms with E-state index in [2.05, 4.69) is 211 Å². The first-order valence-corrected chi connectivity index (χ1v) is 19.7. The highest BCUT2D eigenvalue weighted by Crippen LogP contribution is 2.39. The fourth-order valence-electron chi connectivity index (χ4n) is 7.79. The molecule has 0 saturated heterocycles. The van der Waals surface area contributed by atoms with Gasteiger partial charge in [0, 0.05) is 39.8 Å². The van der Waals surface area contributed by atoms with E-state index < -0.39 is 0 Å². The maximum Gasteiger partial charge on any atom is 0.0991 e. The minimum Gasteiger partial charge on any atom is -0.355 e. The van der Waals surface area contributed by atoms with Gasteiger partial charge in [-0.05, 0) is 117 Å². The van der Waals surface area contributed by atoms with Gasteiger partial charge in [-0.3, -0.25) is 0 Å². The molecule has 0 bridgehead atoms. The largest absolute Gasteiger partial charge is 0.355 e. The van der Waals surface area contributed by atoms with Gasteiger partial charge in [-0.15, -0.1) is 0 Å². The zero-order valence-electron chi connectivity index (χ0n) is 32.0. The summed E-state index contributed by atoms with van der Waals surface area (Å²) in [6.45, 7) is 0. The lowest BCUT2D eigenvalue weighted by Crippen LogP contribution is -2.01. The maximum atomic E-state index is 9.44. The van der Waals surface area contributed by atoms with Crippen LogP contribution in [0.25, 0.3) is 50.1 Å². The number of nitrogens with zero attached hydrogens (tertiary/aromatic N) is 1. The summed E-state index contributed by atoms with van der Waals surface area (Å²) in [5.41, 5.74) is 17.6. The van der Waals surface area contributed by atoms with Crippen LogP contribution in [0.3, 0.4) is 0 Å². The molecule has 1 unspecified atom stereocenters. The fourth-order valence-corrected chi connectivity index (χ4v) is 7.79. The van der Waals surface area contributed by atoms with E-state index in [1.165, 1.54) is 39.0 Å². The molecule has 1 atom stereocenters. The van der Waals surface area contributed by atoms with Crippen LogP contribution in [-0.4, -0.2) is 0 Å². The summed E-state index contributed by atoms with van der Waals surface area (Å²) in [6, 6.07) is 72.3. The van der Waals surface area contributed by atoms with Crippen molar-refractivity contribution >= 4 is 28.3 Å². The van der Waals surface area contributed by atoms with Crippen molar-refractivity contribution in [1.29, 1.82) is 5.26 Å². The SMILES string of the molecule is N#Cc1cccc(-c2cccc(Nc3ccc(C4=CCC(c5ccc(Nc6cccc(-c7ccccc7)c6)c(-c6ccccc6)c5)C=C4)cc3-c3ccccc3)c2)c1.